The Kier molecular flexibility index (Phi) is 10.2. The number of fused-ring (bicyclic) bond motifs is 3. The predicted molar refractivity (Wildman–Crippen MR) is 149 cm³/mol. The van der Waals surface area contributed by atoms with Crippen molar-refractivity contribution in [2.75, 3.05) is 58.3 Å². The van der Waals surface area contributed by atoms with Gasteiger partial charge >= 0.3 is 0 Å². The predicted octanol–water partition coefficient (Wildman–Crippen LogP) is 3.30. The molecule has 4 rings (SSSR count). The molecule has 2 heterocycles. The van der Waals surface area contributed by atoms with E-state index >= 15 is 0 Å². The lowest BCUT2D eigenvalue weighted by Gasteiger charge is -2.25. The van der Waals surface area contributed by atoms with Gasteiger partial charge in [0.1, 0.15) is 12.4 Å². The number of amides is 1. The molecular formula is C29H41N3O5S. The van der Waals surface area contributed by atoms with Gasteiger partial charge in [-0.1, -0.05) is 38.1 Å². The first-order valence-electron chi connectivity index (χ1n) is 13.7. The van der Waals surface area contributed by atoms with Crippen LogP contribution in [-0.2, 0) is 27.7 Å². The fourth-order valence-electron chi connectivity index (χ4n) is 5.06. The second-order valence-corrected chi connectivity index (χ2v) is 12.7. The lowest BCUT2D eigenvalue weighted by atomic mass is 9.99. The van der Waals surface area contributed by atoms with Crippen LogP contribution in [0.25, 0.3) is 0 Å². The molecule has 0 saturated carbocycles. The summed E-state index contributed by atoms with van der Waals surface area (Å²) in [5.74, 6) is 0.918. The van der Waals surface area contributed by atoms with Gasteiger partial charge in [-0.2, -0.15) is 0 Å². The highest BCUT2D eigenvalue weighted by atomic mass is 32.2. The summed E-state index contributed by atoms with van der Waals surface area (Å²) in [6.45, 7) is 9.99. The number of nitrogens with one attached hydrogen (secondary N) is 1. The minimum absolute atomic E-state index is 0.0809. The Morgan fingerprint density at radius 2 is 1.79 bits per heavy atom. The Morgan fingerprint density at radius 1 is 1.00 bits per heavy atom. The van der Waals surface area contributed by atoms with E-state index in [-0.39, 0.29) is 18.2 Å². The zero-order valence-corrected chi connectivity index (χ0v) is 23.5. The van der Waals surface area contributed by atoms with Crippen molar-refractivity contribution in [1.29, 1.82) is 0 Å². The fraction of sp³-hybridized carbons (Fsp3) is 0.552. The second kappa shape index (κ2) is 13.6. The summed E-state index contributed by atoms with van der Waals surface area (Å²) < 4.78 is 38.4. The first kappa shape index (κ1) is 28.5. The third kappa shape index (κ3) is 8.27. The van der Waals surface area contributed by atoms with Gasteiger partial charge in [-0.25, -0.2) is 12.7 Å². The maximum Gasteiger partial charge on any atom is 0.251 e. The van der Waals surface area contributed by atoms with Crippen molar-refractivity contribution in [3.63, 3.8) is 0 Å². The lowest BCUT2D eigenvalue weighted by molar-refractivity contribution is 0.0746. The highest BCUT2D eigenvalue weighted by molar-refractivity contribution is 7.89. The average molecular weight is 544 g/mol. The molecule has 0 aliphatic carbocycles. The number of carbonyl (C=O) groups excluding carboxylic acids is 1. The van der Waals surface area contributed by atoms with Crippen molar-refractivity contribution < 1.29 is 22.7 Å². The Balaban J connectivity index is 1.47. The largest absolute Gasteiger partial charge is 0.491 e. The van der Waals surface area contributed by atoms with E-state index in [0.29, 0.717) is 50.8 Å². The molecule has 0 radical (unpaired) electrons. The van der Waals surface area contributed by atoms with E-state index in [1.165, 1.54) is 9.87 Å². The van der Waals surface area contributed by atoms with E-state index in [4.69, 9.17) is 9.47 Å². The molecule has 2 aromatic rings. The fourth-order valence-corrected chi connectivity index (χ4v) is 6.50. The summed E-state index contributed by atoms with van der Waals surface area (Å²) in [5, 5.41) is 2.78. The quantitative estimate of drug-likeness (QED) is 0.577. The third-order valence-electron chi connectivity index (χ3n) is 6.88. The van der Waals surface area contributed by atoms with Crippen molar-refractivity contribution in [2.24, 2.45) is 5.92 Å². The Hall–Kier alpha value is -2.46. The van der Waals surface area contributed by atoms with Crippen LogP contribution >= 0.6 is 0 Å². The van der Waals surface area contributed by atoms with Gasteiger partial charge < -0.3 is 14.8 Å². The van der Waals surface area contributed by atoms with E-state index in [1.807, 2.05) is 12.1 Å². The second-order valence-electron chi connectivity index (χ2n) is 10.6. The molecule has 2 aromatic carbocycles. The van der Waals surface area contributed by atoms with Gasteiger partial charge in [-0.15, -0.1) is 0 Å². The van der Waals surface area contributed by atoms with Crippen LogP contribution in [0.3, 0.4) is 0 Å². The van der Waals surface area contributed by atoms with Crippen molar-refractivity contribution in [3.8, 4) is 5.75 Å². The van der Waals surface area contributed by atoms with Crippen LogP contribution in [0.15, 0.2) is 42.5 Å². The smallest absolute Gasteiger partial charge is 0.251 e. The average Bonchev–Trinajstić information content (AvgIpc) is 3.42. The zero-order chi connectivity index (χ0) is 27.0. The number of hydrogen-bond acceptors (Lipinski definition) is 6. The molecule has 1 N–H and O–H groups in total. The van der Waals surface area contributed by atoms with Crippen LogP contribution in [0, 0.1) is 5.92 Å². The summed E-state index contributed by atoms with van der Waals surface area (Å²) >= 11 is 0. The molecule has 38 heavy (non-hydrogen) atoms. The van der Waals surface area contributed by atoms with Gasteiger partial charge in [-0.05, 0) is 53.6 Å². The monoisotopic (exact) mass is 543 g/mol. The van der Waals surface area contributed by atoms with Gasteiger partial charge in [0.2, 0.25) is 10.0 Å². The molecule has 8 nitrogen and oxygen atoms in total. The van der Waals surface area contributed by atoms with Crippen LogP contribution in [0.4, 0.5) is 0 Å². The van der Waals surface area contributed by atoms with Gasteiger partial charge in [0.05, 0.1) is 19.0 Å². The van der Waals surface area contributed by atoms with Crippen LogP contribution < -0.4 is 10.1 Å². The Bertz CT molecular complexity index is 1180. The summed E-state index contributed by atoms with van der Waals surface area (Å²) in [6.07, 6.45) is 2.42. The molecule has 0 atom stereocenters. The molecule has 0 unspecified atom stereocenters. The molecule has 1 fully saturated rings. The van der Waals surface area contributed by atoms with Crippen LogP contribution in [0.5, 0.6) is 5.75 Å². The highest BCUT2D eigenvalue weighted by Crippen LogP contribution is 2.25. The maximum absolute atomic E-state index is 12.9. The van der Waals surface area contributed by atoms with E-state index in [9.17, 15) is 13.2 Å². The van der Waals surface area contributed by atoms with Crippen molar-refractivity contribution in [3.05, 3.63) is 64.7 Å². The molecular weight excluding hydrogens is 502 g/mol. The minimum Gasteiger partial charge on any atom is -0.491 e. The van der Waals surface area contributed by atoms with E-state index in [2.05, 4.69) is 48.3 Å². The van der Waals surface area contributed by atoms with Crippen LogP contribution in [0.1, 0.15) is 53.7 Å². The Morgan fingerprint density at radius 3 is 2.58 bits per heavy atom. The molecule has 9 heteroatoms. The molecule has 0 spiro atoms. The molecule has 2 aliphatic rings. The Labute approximate surface area is 227 Å². The van der Waals surface area contributed by atoms with Crippen molar-refractivity contribution >= 4 is 15.9 Å². The van der Waals surface area contributed by atoms with E-state index in [0.717, 1.165) is 49.4 Å². The van der Waals surface area contributed by atoms with Gasteiger partial charge in [0, 0.05) is 51.3 Å². The summed E-state index contributed by atoms with van der Waals surface area (Å²) in [6, 6.07) is 14.0. The molecule has 2 bridgehead atoms. The third-order valence-corrected chi connectivity index (χ3v) is 8.75. The number of nitrogens with zero attached hydrogens (tertiary/aromatic N) is 2. The normalized spacial score (nSPS) is 18.0. The summed E-state index contributed by atoms with van der Waals surface area (Å²) in [4.78, 5) is 15.3. The van der Waals surface area contributed by atoms with Crippen LogP contribution in [-0.4, -0.2) is 81.8 Å². The first-order chi connectivity index (χ1) is 18.3. The number of carbonyl (C=O) groups is 1. The van der Waals surface area contributed by atoms with Gasteiger partial charge in [0.15, 0.2) is 0 Å². The number of rotatable bonds is 7. The molecule has 208 valence electrons. The number of benzene rings is 2. The van der Waals surface area contributed by atoms with Crippen molar-refractivity contribution in [2.45, 2.75) is 39.7 Å². The van der Waals surface area contributed by atoms with Gasteiger partial charge in [-0.3, -0.25) is 9.69 Å². The summed E-state index contributed by atoms with van der Waals surface area (Å²) in [7, 11) is -3.34. The van der Waals surface area contributed by atoms with Crippen LogP contribution in [0.2, 0.25) is 0 Å². The minimum atomic E-state index is -3.34. The van der Waals surface area contributed by atoms with Crippen molar-refractivity contribution in [1.82, 2.24) is 14.5 Å². The molecule has 1 saturated heterocycles. The van der Waals surface area contributed by atoms with E-state index in [1.54, 1.807) is 6.07 Å². The number of hydrogen-bond donors (Lipinski definition) is 1. The highest BCUT2D eigenvalue weighted by Gasteiger charge is 2.25. The molecule has 0 aromatic heterocycles. The summed E-state index contributed by atoms with van der Waals surface area (Å²) in [5.41, 5.74) is 3.80. The lowest BCUT2D eigenvalue weighted by Crippen LogP contribution is -2.36. The van der Waals surface area contributed by atoms with Gasteiger partial charge in [0.25, 0.3) is 5.91 Å². The SMILES string of the molecule is CC(C)CN1CCOCCOc2ccc(C(=O)NCCS(=O)(=O)N3CCCC3)cc2Cc2cccc(c2)C1. The zero-order valence-electron chi connectivity index (χ0n) is 22.7. The number of sulfonamides is 1. The first-order valence-corrected chi connectivity index (χ1v) is 15.3. The number of ether oxygens (including phenoxy) is 2. The maximum atomic E-state index is 12.9. The standard InChI is InChI=1S/C29H41N3O5S/c1-23(2)21-31-13-14-36-15-16-37-28-9-8-26(20-27(28)19-24-6-5-7-25(18-24)22-31)29(33)30-10-17-38(34,35)32-11-3-4-12-32/h5-9,18,20,23H,3-4,10-17,19,21-22H2,1-2H3,(H,30,33). The topological polar surface area (TPSA) is 88.2 Å². The molecule has 1 amide bonds. The molecule has 2 aliphatic heterocycles. The van der Waals surface area contributed by atoms with E-state index < -0.39 is 10.0 Å².